The molecule has 3 heterocycles. The van der Waals surface area contributed by atoms with Gasteiger partial charge in [-0.05, 0) is 56.0 Å². The van der Waals surface area contributed by atoms with Crippen molar-refractivity contribution < 1.29 is 19.3 Å². The van der Waals surface area contributed by atoms with Crippen LogP contribution in [0, 0.1) is 19.8 Å². The third-order valence-electron chi connectivity index (χ3n) is 5.24. The highest BCUT2D eigenvalue weighted by Crippen LogP contribution is 2.36. The van der Waals surface area contributed by atoms with Crippen molar-refractivity contribution in [2.24, 2.45) is 5.92 Å². The van der Waals surface area contributed by atoms with Crippen LogP contribution in [-0.4, -0.2) is 33.0 Å². The number of nitrogens with zero attached hydrogens (tertiary/aromatic N) is 4. The van der Waals surface area contributed by atoms with Gasteiger partial charge in [0.2, 0.25) is 0 Å². The molecule has 32 heavy (non-hydrogen) atoms. The fraction of sp³-hybridized carbons (Fsp3) is 0.250. The van der Waals surface area contributed by atoms with Gasteiger partial charge < -0.3 is 5.11 Å². The van der Waals surface area contributed by atoms with Crippen molar-refractivity contribution in [1.82, 2.24) is 14.7 Å². The molecule has 4 rings (SSSR count). The summed E-state index contributed by atoms with van der Waals surface area (Å²) in [6.07, 6.45) is 3.47. The summed E-state index contributed by atoms with van der Waals surface area (Å²) in [7, 11) is 0. The Morgan fingerprint density at radius 1 is 1.09 bits per heavy atom. The lowest BCUT2D eigenvalue weighted by Crippen LogP contribution is -2.41. The van der Waals surface area contributed by atoms with Crippen molar-refractivity contribution in [2.45, 2.75) is 27.7 Å². The van der Waals surface area contributed by atoms with Crippen LogP contribution in [0.5, 0.6) is 5.88 Å². The van der Waals surface area contributed by atoms with Crippen molar-refractivity contribution >= 4 is 34.7 Å². The van der Waals surface area contributed by atoms with E-state index in [0.717, 1.165) is 5.56 Å². The van der Waals surface area contributed by atoms with Gasteiger partial charge in [0.25, 0.3) is 11.6 Å². The third kappa shape index (κ3) is 3.69. The molecule has 1 aromatic carbocycles. The number of hydrogen-bond donors (Lipinski definition) is 0. The lowest BCUT2D eigenvalue weighted by atomic mass is 10.0. The van der Waals surface area contributed by atoms with Crippen LogP contribution in [0.15, 0.2) is 48.8 Å². The summed E-state index contributed by atoms with van der Waals surface area (Å²) in [4.78, 5) is 28.0. The van der Waals surface area contributed by atoms with E-state index in [1.165, 1.54) is 9.58 Å². The molecule has 8 heteroatoms. The molecule has 1 aliphatic heterocycles. The van der Waals surface area contributed by atoms with Crippen LogP contribution in [0.2, 0.25) is 5.02 Å². The number of rotatable bonds is 5. The molecule has 7 nitrogen and oxygen atoms in total. The zero-order valence-electron chi connectivity index (χ0n) is 18.3. The van der Waals surface area contributed by atoms with Crippen LogP contribution < -0.4 is 9.67 Å². The highest BCUT2D eigenvalue weighted by molar-refractivity contribution is 6.44. The summed E-state index contributed by atoms with van der Waals surface area (Å²) in [5.41, 5.74) is 2.18. The molecule has 0 unspecified atom stereocenters. The zero-order chi connectivity index (χ0) is 23.2. The third-order valence-corrected chi connectivity index (χ3v) is 5.49. The summed E-state index contributed by atoms with van der Waals surface area (Å²) in [6.45, 7) is 7.68. The van der Waals surface area contributed by atoms with E-state index in [2.05, 4.69) is 5.10 Å². The largest absolute Gasteiger partial charge is 0.858 e. The summed E-state index contributed by atoms with van der Waals surface area (Å²) in [5.74, 6) is -1.29. The number of carbonyl (C=O) groups is 2. The standard InChI is InChI=1S/C24H23ClN4O3/c1-14(2)12-28-22(30)20(21(24(28)32)27-11-5-6-15(3)13-27)19-16(4)26-29(23(19)31)18-9-7-17(25)8-10-18/h5-11,13-14H,12H2,1-4H3. The molecule has 3 aromatic rings. The predicted octanol–water partition coefficient (Wildman–Crippen LogP) is 2.90. The lowest BCUT2D eigenvalue weighted by molar-refractivity contribution is -0.577. The molecule has 1 aliphatic rings. The average Bonchev–Trinajstić information content (AvgIpc) is 3.15. The Hall–Kier alpha value is -3.45. The zero-order valence-corrected chi connectivity index (χ0v) is 19.1. The topological polar surface area (TPSA) is 82.1 Å². The van der Waals surface area contributed by atoms with E-state index in [0.29, 0.717) is 16.4 Å². The monoisotopic (exact) mass is 450 g/mol. The minimum atomic E-state index is -0.483. The van der Waals surface area contributed by atoms with Gasteiger partial charge in [0.05, 0.1) is 11.4 Å². The maximum absolute atomic E-state index is 13.5. The van der Waals surface area contributed by atoms with Crippen LogP contribution in [0.1, 0.15) is 30.7 Å². The van der Waals surface area contributed by atoms with Gasteiger partial charge in [-0.3, -0.25) is 14.5 Å². The van der Waals surface area contributed by atoms with Crippen LogP contribution >= 0.6 is 11.6 Å². The first-order valence-corrected chi connectivity index (χ1v) is 10.7. The maximum atomic E-state index is 13.5. The summed E-state index contributed by atoms with van der Waals surface area (Å²) < 4.78 is 2.85. The Labute approximate surface area is 191 Å². The number of aromatic nitrogens is 3. The highest BCUT2D eigenvalue weighted by Gasteiger charge is 2.46. The van der Waals surface area contributed by atoms with Crippen molar-refractivity contribution in [3.05, 3.63) is 70.6 Å². The molecule has 0 aliphatic carbocycles. The number of hydrogen-bond acceptors (Lipinski definition) is 4. The van der Waals surface area contributed by atoms with E-state index in [9.17, 15) is 14.7 Å². The van der Waals surface area contributed by atoms with Crippen molar-refractivity contribution in [3.63, 3.8) is 0 Å². The number of carbonyl (C=O) groups excluding carboxylic acids is 2. The Balaban J connectivity index is 1.95. The Morgan fingerprint density at radius 2 is 1.78 bits per heavy atom. The average molecular weight is 451 g/mol. The minimum absolute atomic E-state index is 0.0777. The summed E-state index contributed by atoms with van der Waals surface area (Å²) >= 11 is 5.97. The van der Waals surface area contributed by atoms with Gasteiger partial charge >= 0.3 is 5.91 Å². The normalized spacial score (nSPS) is 14.2. The molecule has 0 fully saturated rings. The number of aryl methyl sites for hydroxylation is 2. The fourth-order valence-corrected chi connectivity index (χ4v) is 3.97. The van der Waals surface area contributed by atoms with E-state index < -0.39 is 17.7 Å². The van der Waals surface area contributed by atoms with Gasteiger partial charge in [-0.25, -0.2) is 4.68 Å². The molecule has 2 aromatic heterocycles. The molecule has 0 N–H and O–H groups in total. The van der Waals surface area contributed by atoms with Crippen LogP contribution in [0.25, 0.3) is 17.0 Å². The molecule has 0 saturated heterocycles. The van der Waals surface area contributed by atoms with Crippen LogP contribution in [0.3, 0.4) is 0 Å². The smallest absolute Gasteiger partial charge is 0.326 e. The SMILES string of the molecule is Cc1ccc[n+](C2=C(c3c(C)nn(-c4ccc(Cl)cc4)c3[O-])C(=O)N(CC(C)C)C2=O)c1. The molecule has 164 valence electrons. The molecular formula is C24H23ClN4O3. The Morgan fingerprint density at radius 3 is 2.41 bits per heavy atom. The second kappa shape index (κ2) is 8.24. The molecule has 0 saturated carbocycles. The van der Waals surface area contributed by atoms with Crippen molar-refractivity contribution in [1.29, 1.82) is 0 Å². The Bertz CT molecular complexity index is 1260. The molecule has 0 radical (unpaired) electrons. The summed E-state index contributed by atoms with van der Waals surface area (Å²) in [6, 6.07) is 10.4. The van der Waals surface area contributed by atoms with Gasteiger partial charge in [-0.2, -0.15) is 9.67 Å². The second-order valence-electron chi connectivity index (χ2n) is 8.28. The first kappa shape index (κ1) is 21.8. The molecular weight excluding hydrogens is 428 g/mol. The van der Waals surface area contributed by atoms with Crippen LogP contribution in [-0.2, 0) is 9.59 Å². The second-order valence-corrected chi connectivity index (χ2v) is 8.72. The minimum Gasteiger partial charge on any atom is -0.858 e. The Kier molecular flexibility index (Phi) is 5.60. The number of benzene rings is 1. The van der Waals surface area contributed by atoms with Gasteiger partial charge in [-0.1, -0.05) is 25.4 Å². The van der Waals surface area contributed by atoms with Gasteiger partial charge in [0.1, 0.15) is 5.57 Å². The first-order valence-electron chi connectivity index (χ1n) is 10.3. The lowest BCUT2D eigenvalue weighted by Gasteiger charge is -2.17. The molecule has 0 atom stereocenters. The molecule has 0 bridgehead atoms. The number of imide groups is 1. The van der Waals surface area contributed by atoms with Gasteiger partial charge in [0.15, 0.2) is 12.4 Å². The van der Waals surface area contributed by atoms with E-state index >= 15 is 0 Å². The van der Waals surface area contributed by atoms with Crippen LogP contribution in [0.4, 0.5) is 0 Å². The number of amides is 2. The maximum Gasteiger partial charge on any atom is 0.326 e. The number of pyridine rings is 1. The van der Waals surface area contributed by atoms with Gasteiger partial charge in [-0.15, -0.1) is 0 Å². The fourth-order valence-electron chi connectivity index (χ4n) is 3.84. The van der Waals surface area contributed by atoms with Crippen molar-refractivity contribution in [2.75, 3.05) is 6.54 Å². The van der Waals surface area contributed by atoms with Crippen molar-refractivity contribution in [3.8, 4) is 11.6 Å². The van der Waals surface area contributed by atoms with E-state index in [1.807, 2.05) is 26.8 Å². The molecule has 0 spiro atoms. The molecule has 2 amide bonds. The first-order chi connectivity index (χ1) is 15.2. The predicted molar refractivity (Wildman–Crippen MR) is 119 cm³/mol. The quantitative estimate of drug-likeness (QED) is 0.442. The highest BCUT2D eigenvalue weighted by atomic mass is 35.5. The van der Waals surface area contributed by atoms with E-state index in [1.54, 1.807) is 54.2 Å². The summed E-state index contributed by atoms with van der Waals surface area (Å²) in [5, 5.41) is 18.3. The van der Waals surface area contributed by atoms with E-state index in [-0.39, 0.29) is 29.3 Å². The van der Waals surface area contributed by atoms with Gasteiger partial charge in [0, 0.05) is 28.8 Å². The van der Waals surface area contributed by atoms with E-state index in [4.69, 9.17) is 11.6 Å². The number of halogens is 1.